The number of carbonyl (C=O) groups excluding carboxylic acids is 4. The summed E-state index contributed by atoms with van der Waals surface area (Å²) < 4.78 is 0. The molecule has 4 N–H and O–H groups in total. The number of amides is 2. The van der Waals surface area contributed by atoms with Crippen LogP contribution < -0.4 is 21.7 Å². The first-order valence-electron chi connectivity index (χ1n) is 2.30. The molecule has 9 heteroatoms. The molecule has 13 heavy (non-hydrogen) atoms. The van der Waals surface area contributed by atoms with E-state index in [1.807, 2.05) is 0 Å². The summed E-state index contributed by atoms with van der Waals surface area (Å²) in [5.74, 6) is -6.57. The molecule has 68 valence electrons. The molecule has 0 fully saturated rings. The summed E-state index contributed by atoms with van der Waals surface area (Å²) >= 11 is 0. The molecule has 0 aliphatic heterocycles. The fourth-order valence-electron chi connectivity index (χ4n) is 0. The molecule has 0 heterocycles. The summed E-state index contributed by atoms with van der Waals surface area (Å²) in [6, 6.07) is 0. The van der Waals surface area contributed by atoms with E-state index in [-0.39, 0.29) is 23.1 Å². The molecule has 0 aromatic heterocycles. The van der Waals surface area contributed by atoms with E-state index in [0.717, 1.165) is 0 Å². The van der Waals surface area contributed by atoms with Gasteiger partial charge in [-0.2, -0.15) is 0 Å². The minimum atomic E-state index is -1.85. The number of carboxylic acid groups (broad SMARTS) is 2. The third-order valence-electron chi connectivity index (χ3n) is 0.402. The maximum absolute atomic E-state index is 9.26. The van der Waals surface area contributed by atoms with Crippen LogP contribution in [-0.2, 0) is 19.2 Å². The second kappa shape index (κ2) is 8.74. The van der Waals surface area contributed by atoms with Crippen molar-refractivity contribution in [2.24, 2.45) is 11.5 Å². The smallest absolute Gasteiger partial charge is 0.540 e. The molecule has 0 aromatic carbocycles. The van der Waals surface area contributed by atoms with Gasteiger partial charge in [0.15, 0.2) is 0 Å². The molecular weight excluding hydrogens is 196 g/mol. The Morgan fingerprint density at radius 3 is 0.846 bits per heavy atom. The van der Waals surface area contributed by atoms with E-state index in [1.165, 1.54) is 0 Å². The van der Waals surface area contributed by atoms with Crippen LogP contribution in [0.1, 0.15) is 0 Å². The van der Waals surface area contributed by atoms with Crippen LogP contribution in [-0.4, -0.2) is 46.8 Å². The molecule has 0 atom stereocenters. The minimum absolute atomic E-state index is 0. The van der Waals surface area contributed by atoms with Crippen molar-refractivity contribution in [1.29, 1.82) is 0 Å². The molecular formula is C4H4MgN2O6. The Morgan fingerprint density at radius 2 is 0.846 bits per heavy atom. The Labute approximate surface area is 88.0 Å². The summed E-state index contributed by atoms with van der Waals surface area (Å²) in [6.45, 7) is 0. The zero-order valence-corrected chi connectivity index (χ0v) is 7.73. The SMILES string of the molecule is NC(=O)C(=O)[O-].NC(=O)C(=O)[O-].[Mg+2]. The van der Waals surface area contributed by atoms with Gasteiger partial charge in [-0.25, -0.2) is 0 Å². The van der Waals surface area contributed by atoms with Crippen LogP contribution in [0.4, 0.5) is 0 Å². The number of primary amides is 2. The first-order chi connectivity index (χ1) is 5.29. The average Bonchev–Trinajstić information content (AvgIpc) is 1.88. The van der Waals surface area contributed by atoms with Crippen molar-refractivity contribution in [1.82, 2.24) is 0 Å². The molecule has 0 radical (unpaired) electrons. The van der Waals surface area contributed by atoms with E-state index in [1.54, 1.807) is 0 Å². The van der Waals surface area contributed by atoms with E-state index in [0.29, 0.717) is 0 Å². The number of aliphatic carboxylic acids is 2. The number of hydrogen-bond acceptors (Lipinski definition) is 6. The van der Waals surface area contributed by atoms with Crippen LogP contribution in [0.5, 0.6) is 0 Å². The van der Waals surface area contributed by atoms with E-state index < -0.39 is 23.8 Å². The Morgan fingerprint density at radius 1 is 0.769 bits per heavy atom. The number of carboxylic acids is 2. The van der Waals surface area contributed by atoms with Gasteiger partial charge < -0.3 is 31.3 Å². The normalized spacial score (nSPS) is 6.77. The predicted octanol–water partition coefficient (Wildman–Crippen LogP) is -5.94. The first kappa shape index (κ1) is 17.7. The molecule has 0 rings (SSSR count). The van der Waals surface area contributed by atoms with Crippen molar-refractivity contribution in [2.45, 2.75) is 0 Å². The van der Waals surface area contributed by atoms with Crippen molar-refractivity contribution in [2.75, 3.05) is 0 Å². The fourth-order valence-corrected chi connectivity index (χ4v) is 0. The summed E-state index contributed by atoms with van der Waals surface area (Å²) in [4.78, 5) is 36.7. The Kier molecular flexibility index (Phi) is 11.9. The maximum Gasteiger partial charge on any atom is 2.00 e. The zero-order chi connectivity index (χ0) is 10.3. The van der Waals surface area contributed by atoms with Crippen LogP contribution in [0, 0.1) is 0 Å². The van der Waals surface area contributed by atoms with Gasteiger partial charge in [-0.05, 0) is 0 Å². The van der Waals surface area contributed by atoms with Gasteiger partial charge in [0.2, 0.25) is 0 Å². The fraction of sp³-hybridized carbons (Fsp3) is 0. The van der Waals surface area contributed by atoms with Gasteiger partial charge in [0.25, 0.3) is 11.8 Å². The zero-order valence-electron chi connectivity index (χ0n) is 6.31. The number of nitrogens with two attached hydrogens (primary N) is 2. The molecule has 0 unspecified atom stereocenters. The molecule has 0 bridgehead atoms. The van der Waals surface area contributed by atoms with Crippen molar-refractivity contribution in [3.63, 3.8) is 0 Å². The van der Waals surface area contributed by atoms with Crippen molar-refractivity contribution < 1.29 is 29.4 Å². The van der Waals surface area contributed by atoms with Crippen LogP contribution >= 0.6 is 0 Å². The number of rotatable bonds is 0. The Bertz CT molecular complexity index is 179. The molecule has 0 saturated heterocycles. The summed E-state index contributed by atoms with van der Waals surface area (Å²) in [5, 5.41) is 18.2. The maximum atomic E-state index is 9.26. The number of hydrogen-bond donors (Lipinski definition) is 2. The molecule has 2 amide bonds. The summed E-state index contributed by atoms with van der Waals surface area (Å²) in [5.41, 5.74) is 8.27. The molecule has 0 spiro atoms. The van der Waals surface area contributed by atoms with E-state index in [2.05, 4.69) is 11.5 Å². The van der Waals surface area contributed by atoms with Crippen LogP contribution in [0.15, 0.2) is 0 Å². The topological polar surface area (TPSA) is 166 Å². The summed E-state index contributed by atoms with van der Waals surface area (Å²) in [6.07, 6.45) is 0. The van der Waals surface area contributed by atoms with Crippen LogP contribution in [0.3, 0.4) is 0 Å². The molecule has 0 aromatic rings. The van der Waals surface area contributed by atoms with Gasteiger partial charge in [0.05, 0.1) is 0 Å². The quantitative estimate of drug-likeness (QED) is 0.291. The summed E-state index contributed by atoms with van der Waals surface area (Å²) in [7, 11) is 0. The second-order valence-corrected chi connectivity index (χ2v) is 1.30. The molecule has 0 aliphatic carbocycles. The minimum Gasteiger partial charge on any atom is -0.540 e. The Hall–Kier alpha value is -1.35. The van der Waals surface area contributed by atoms with Crippen molar-refractivity contribution >= 4 is 46.8 Å². The van der Waals surface area contributed by atoms with Gasteiger partial charge >= 0.3 is 23.1 Å². The largest absolute Gasteiger partial charge is 2.00 e. The first-order valence-corrected chi connectivity index (χ1v) is 2.30. The van der Waals surface area contributed by atoms with Crippen molar-refractivity contribution in [3.8, 4) is 0 Å². The molecule has 0 aliphatic rings. The standard InChI is InChI=1S/2C2H3NO3.Mg/c2*3-1(4)2(5)6;/h2*(H2,3,4)(H,5,6);/q;;+2/p-2. The van der Waals surface area contributed by atoms with Crippen LogP contribution in [0.2, 0.25) is 0 Å². The van der Waals surface area contributed by atoms with Crippen LogP contribution in [0.25, 0.3) is 0 Å². The van der Waals surface area contributed by atoms with Gasteiger partial charge in [0, 0.05) is 0 Å². The van der Waals surface area contributed by atoms with Gasteiger partial charge in [-0.3, -0.25) is 9.59 Å². The third kappa shape index (κ3) is 18.0. The van der Waals surface area contributed by atoms with Gasteiger partial charge in [0.1, 0.15) is 11.9 Å². The van der Waals surface area contributed by atoms with Crippen molar-refractivity contribution in [3.05, 3.63) is 0 Å². The molecule has 8 nitrogen and oxygen atoms in total. The predicted molar refractivity (Wildman–Crippen MR) is 34.2 cm³/mol. The van der Waals surface area contributed by atoms with Gasteiger partial charge in [-0.15, -0.1) is 0 Å². The van der Waals surface area contributed by atoms with E-state index in [4.69, 9.17) is 19.8 Å². The second-order valence-electron chi connectivity index (χ2n) is 1.30. The van der Waals surface area contributed by atoms with Gasteiger partial charge in [-0.1, -0.05) is 0 Å². The third-order valence-corrected chi connectivity index (χ3v) is 0.402. The van der Waals surface area contributed by atoms with E-state index in [9.17, 15) is 9.59 Å². The van der Waals surface area contributed by atoms with E-state index >= 15 is 0 Å². The monoisotopic (exact) mass is 200 g/mol. The average molecular weight is 200 g/mol. The Balaban J connectivity index is -0.000000143. The molecule has 0 saturated carbocycles. The number of carbonyl (C=O) groups is 4.